The average Bonchev–Trinajstić information content (AvgIpc) is 3.38. The highest BCUT2D eigenvalue weighted by molar-refractivity contribution is 5.95. The maximum atomic E-state index is 12.8. The van der Waals surface area contributed by atoms with Crippen LogP contribution in [-0.4, -0.2) is 64.4 Å². The number of carbonyl (C=O) groups is 2. The number of alkyl halides is 3. The lowest BCUT2D eigenvalue weighted by Crippen LogP contribution is -2.50. The second-order valence-electron chi connectivity index (χ2n) is 8.01. The van der Waals surface area contributed by atoms with Crippen LogP contribution in [0.2, 0.25) is 0 Å². The number of ether oxygens (including phenoxy) is 2. The number of aliphatic carboxylic acids is 1. The van der Waals surface area contributed by atoms with Crippen molar-refractivity contribution in [3.8, 4) is 0 Å². The van der Waals surface area contributed by atoms with Crippen molar-refractivity contribution in [1.82, 2.24) is 9.88 Å². The third-order valence-electron chi connectivity index (χ3n) is 5.57. The fourth-order valence-electron chi connectivity index (χ4n) is 3.94. The lowest BCUT2D eigenvalue weighted by Gasteiger charge is -2.39. The van der Waals surface area contributed by atoms with Gasteiger partial charge in [0.2, 0.25) is 0 Å². The van der Waals surface area contributed by atoms with Crippen molar-refractivity contribution in [2.45, 2.75) is 50.7 Å². The monoisotopic (exact) mass is 470 g/mol. The van der Waals surface area contributed by atoms with Gasteiger partial charge in [0.15, 0.2) is 0 Å². The highest BCUT2D eigenvalue weighted by Gasteiger charge is 2.45. The lowest BCUT2D eigenvalue weighted by atomic mass is 9.89. The summed E-state index contributed by atoms with van der Waals surface area (Å²) in [7, 11) is 0. The molecule has 0 saturated carbocycles. The summed E-state index contributed by atoms with van der Waals surface area (Å²) in [4.78, 5) is 27.6. The van der Waals surface area contributed by atoms with Gasteiger partial charge in [-0.05, 0) is 43.5 Å². The number of carboxylic acid groups (broad SMARTS) is 1. The molecular formula is C22H25F3N2O6. The first kappa shape index (κ1) is 24.7. The first-order chi connectivity index (χ1) is 15.6. The predicted octanol–water partition coefficient (Wildman–Crippen LogP) is 3.60. The number of carboxylic acids is 1. The van der Waals surface area contributed by atoms with E-state index in [1.807, 2.05) is 24.0 Å². The minimum absolute atomic E-state index is 0.0279. The molecule has 0 radical (unpaired) electrons. The van der Waals surface area contributed by atoms with Gasteiger partial charge in [-0.3, -0.25) is 9.78 Å². The normalized spacial score (nSPS) is 22.7. The van der Waals surface area contributed by atoms with Gasteiger partial charge in [-0.1, -0.05) is 0 Å². The molecule has 0 aromatic carbocycles. The minimum Gasteiger partial charge on any atom is -0.475 e. The van der Waals surface area contributed by atoms with E-state index < -0.39 is 12.1 Å². The molecule has 0 unspecified atom stereocenters. The Morgan fingerprint density at radius 3 is 2.61 bits per heavy atom. The number of likely N-dealkylation sites (tertiary alicyclic amines) is 1. The van der Waals surface area contributed by atoms with E-state index in [-0.39, 0.29) is 17.6 Å². The predicted molar refractivity (Wildman–Crippen MR) is 108 cm³/mol. The summed E-state index contributed by atoms with van der Waals surface area (Å²) in [6.45, 7) is 4.34. The second kappa shape index (κ2) is 10.3. The van der Waals surface area contributed by atoms with Gasteiger partial charge >= 0.3 is 12.1 Å². The minimum atomic E-state index is -5.08. The van der Waals surface area contributed by atoms with Crippen LogP contribution in [0.4, 0.5) is 13.2 Å². The molecule has 2 aliphatic rings. The Hall–Kier alpha value is -2.92. The largest absolute Gasteiger partial charge is 0.490 e. The zero-order valence-electron chi connectivity index (χ0n) is 18.0. The molecule has 2 fully saturated rings. The number of hydrogen-bond donors (Lipinski definition) is 1. The number of amides is 1. The Balaban J connectivity index is 0.000000383. The van der Waals surface area contributed by atoms with E-state index in [1.165, 1.54) is 0 Å². The van der Waals surface area contributed by atoms with Crippen LogP contribution in [0.5, 0.6) is 0 Å². The summed E-state index contributed by atoms with van der Waals surface area (Å²) in [5.74, 6) is -2.06. The standard InChI is InChI=1S/C20H24N2O4.C2HF3O2/c1-15-18(5-10-24-15)19(23)22-9-2-6-20(14-22)11-17(13-26-20)25-12-16-3-7-21-8-4-16;3-2(4,5)1(6)7/h3-5,7-8,10,17H,2,6,9,11-14H2,1H3;(H,6,7)/t17-,20+;/m1./s1. The van der Waals surface area contributed by atoms with Crippen molar-refractivity contribution in [2.75, 3.05) is 19.7 Å². The highest BCUT2D eigenvalue weighted by atomic mass is 19.4. The Morgan fingerprint density at radius 2 is 2.00 bits per heavy atom. The third-order valence-corrected chi connectivity index (χ3v) is 5.57. The molecule has 2 atom stereocenters. The van der Waals surface area contributed by atoms with Gasteiger partial charge < -0.3 is 23.9 Å². The summed E-state index contributed by atoms with van der Waals surface area (Å²) in [6, 6.07) is 5.66. The molecule has 1 amide bonds. The van der Waals surface area contributed by atoms with Crippen LogP contribution in [0.25, 0.3) is 0 Å². The Morgan fingerprint density at radius 1 is 1.30 bits per heavy atom. The Kier molecular flexibility index (Phi) is 7.75. The van der Waals surface area contributed by atoms with Crippen LogP contribution in [0, 0.1) is 6.92 Å². The Bertz CT molecular complexity index is 949. The maximum absolute atomic E-state index is 12.8. The van der Waals surface area contributed by atoms with Crippen molar-refractivity contribution >= 4 is 11.9 Å². The van der Waals surface area contributed by atoms with Crippen molar-refractivity contribution < 1.29 is 41.8 Å². The molecule has 1 spiro atoms. The van der Waals surface area contributed by atoms with E-state index in [0.29, 0.717) is 31.1 Å². The van der Waals surface area contributed by atoms with E-state index in [2.05, 4.69) is 4.98 Å². The van der Waals surface area contributed by atoms with Gasteiger partial charge in [-0.25, -0.2) is 4.79 Å². The number of nitrogens with zero attached hydrogens (tertiary/aromatic N) is 2. The summed E-state index contributed by atoms with van der Waals surface area (Å²) < 4.78 is 49.2. The number of rotatable bonds is 4. The first-order valence-electron chi connectivity index (χ1n) is 10.4. The van der Waals surface area contributed by atoms with Crippen LogP contribution in [-0.2, 0) is 20.9 Å². The van der Waals surface area contributed by atoms with E-state index in [0.717, 1.165) is 31.4 Å². The maximum Gasteiger partial charge on any atom is 0.490 e. The zero-order chi connectivity index (χ0) is 24.1. The number of pyridine rings is 1. The summed E-state index contributed by atoms with van der Waals surface area (Å²) in [6.07, 6.45) is 2.83. The van der Waals surface area contributed by atoms with Gasteiger partial charge in [-0.2, -0.15) is 13.2 Å². The molecule has 33 heavy (non-hydrogen) atoms. The van der Waals surface area contributed by atoms with Gasteiger partial charge in [-0.15, -0.1) is 0 Å². The smallest absolute Gasteiger partial charge is 0.475 e. The fourth-order valence-corrected chi connectivity index (χ4v) is 3.94. The highest BCUT2D eigenvalue weighted by Crippen LogP contribution is 2.36. The summed E-state index contributed by atoms with van der Waals surface area (Å²) >= 11 is 0. The molecule has 11 heteroatoms. The van der Waals surface area contributed by atoms with Crippen LogP contribution in [0.1, 0.15) is 40.9 Å². The van der Waals surface area contributed by atoms with Crippen LogP contribution >= 0.6 is 0 Å². The second-order valence-corrected chi connectivity index (χ2v) is 8.01. The van der Waals surface area contributed by atoms with Crippen molar-refractivity contribution in [3.63, 3.8) is 0 Å². The average molecular weight is 470 g/mol. The first-order valence-corrected chi connectivity index (χ1v) is 10.4. The molecule has 8 nitrogen and oxygen atoms in total. The molecule has 2 saturated heterocycles. The van der Waals surface area contributed by atoms with Crippen LogP contribution in [0.15, 0.2) is 41.3 Å². The third kappa shape index (κ3) is 6.55. The lowest BCUT2D eigenvalue weighted by molar-refractivity contribution is -0.192. The van der Waals surface area contributed by atoms with Crippen molar-refractivity contribution in [1.29, 1.82) is 0 Å². The van der Waals surface area contributed by atoms with Gasteiger partial charge in [0.05, 0.1) is 43.3 Å². The number of carbonyl (C=O) groups excluding carboxylic acids is 1. The molecule has 180 valence electrons. The molecule has 4 heterocycles. The van der Waals surface area contributed by atoms with Crippen molar-refractivity contribution in [3.05, 3.63) is 53.7 Å². The number of piperidine rings is 1. The van der Waals surface area contributed by atoms with E-state index in [9.17, 15) is 18.0 Å². The number of hydrogen-bond acceptors (Lipinski definition) is 6. The summed E-state index contributed by atoms with van der Waals surface area (Å²) in [5, 5.41) is 7.12. The SMILES string of the molecule is Cc1occc1C(=O)N1CCC[C@]2(C[C@@H](OCc3ccncc3)CO2)C1.O=C(O)C(F)(F)F. The number of furan rings is 1. The molecule has 2 aliphatic heterocycles. The quantitative estimate of drug-likeness (QED) is 0.729. The topological polar surface area (TPSA) is 102 Å². The van der Waals surface area contributed by atoms with Crippen LogP contribution < -0.4 is 0 Å². The zero-order valence-corrected chi connectivity index (χ0v) is 18.0. The van der Waals surface area contributed by atoms with E-state index >= 15 is 0 Å². The number of halogens is 3. The van der Waals surface area contributed by atoms with Gasteiger partial charge in [0, 0.05) is 25.4 Å². The number of aryl methyl sites for hydroxylation is 1. The van der Waals surface area contributed by atoms with Crippen LogP contribution in [0.3, 0.4) is 0 Å². The van der Waals surface area contributed by atoms with Gasteiger partial charge in [0.25, 0.3) is 5.91 Å². The van der Waals surface area contributed by atoms with Crippen molar-refractivity contribution in [2.24, 2.45) is 0 Å². The molecular weight excluding hydrogens is 445 g/mol. The Labute approximate surface area is 188 Å². The molecule has 2 aromatic rings. The molecule has 4 rings (SSSR count). The van der Waals surface area contributed by atoms with Gasteiger partial charge in [0.1, 0.15) is 5.76 Å². The van der Waals surface area contributed by atoms with E-state index in [1.54, 1.807) is 24.7 Å². The molecule has 2 aromatic heterocycles. The number of aromatic nitrogens is 1. The van der Waals surface area contributed by atoms with E-state index in [4.69, 9.17) is 23.8 Å². The fraction of sp³-hybridized carbons (Fsp3) is 0.500. The summed E-state index contributed by atoms with van der Waals surface area (Å²) in [5.41, 5.74) is 1.47. The molecule has 0 bridgehead atoms. The molecule has 1 N–H and O–H groups in total. The molecule has 0 aliphatic carbocycles.